The van der Waals surface area contributed by atoms with Crippen molar-refractivity contribution in [3.8, 4) is 0 Å². The van der Waals surface area contributed by atoms with Crippen LogP contribution in [0.5, 0.6) is 0 Å². The van der Waals surface area contributed by atoms with Crippen LogP contribution in [0.25, 0.3) is 5.76 Å². The number of piperidine rings is 1. The Morgan fingerprint density at radius 1 is 1.36 bits per heavy atom. The Kier molecular flexibility index (Phi) is 6.14. The first-order chi connectivity index (χ1) is 11.7. The average Bonchev–Trinajstić information content (AvgIpc) is 2.92. The molecule has 0 unspecified atom stereocenters. The maximum absolute atomic E-state index is 12.2. The highest BCUT2D eigenvalue weighted by Gasteiger charge is 2.29. The number of likely N-dealkylation sites (tertiary alicyclic amines) is 1. The summed E-state index contributed by atoms with van der Waals surface area (Å²) in [6.45, 7) is 9.18. The lowest BCUT2D eigenvalue weighted by Crippen LogP contribution is -2.41. The molecule has 1 amide bonds. The zero-order valence-electron chi connectivity index (χ0n) is 16.3. The minimum absolute atomic E-state index is 0.218. The average molecular weight is 349 g/mol. The lowest BCUT2D eigenvalue weighted by atomic mass is 9.93. The fourth-order valence-corrected chi connectivity index (χ4v) is 3.15. The van der Waals surface area contributed by atoms with Crippen molar-refractivity contribution in [3.63, 3.8) is 0 Å². The Bertz CT molecular complexity index is 620. The van der Waals surface area contributed by atoms with Crippen molar-refractivity contribution in [3.05, 3.63) is 23.5 Å². The van der Waals surface area contributed by atoms with Crippen molar-refractivity contribution in [1.29, 1.82) is 0 Å². The van der Waals surface area contributed by atoms with Gasteiger partial charge in [0.1, 0.15) is 17.1 Å². The number of aryl methyl sites for hydroxylation is 1. The molecular formula is C19H31N3O3. The second-order valence-corrected chi connectivity index (χ2v) is 7.50. The summed E-state index contributed by atoms with van der Waals surface area (Å²) < 4.78 is 12.8. The topological polar surface area (TPSA) is 56.6 Å². The lowest BCUT2D eigenvalue weighted by Gasteiger charge is -2.33. The van der Waals surface area contributed by atoms with Crippen LogP contribution in [0.1, 0.15) is 64.3 Å². The lowest BCUT2D eigenvalue weighted by molar-refractivity contribution is 0.0203. The van der Waals surface area contributed by atoms with E-state index in [-0.39, 0.29) is 6.09 Å². The maximum atomic E-state index is 12.2. The van der Waals surface area contributed by atoms with Gasteiger partial charge in [0.05, 0.1) is 7.11 Å². The van der Waals surface area contributed by atoms with Crippen molar-refractivity contribution < 1.29 is 14.3 Å². The minimum atomic E-state index is -0.451. The summed E-state index contributed by atoms with van der Waals surface area (Å²) in [7, 11) is 3.65. The number of aromatic nitrogens is 2. The van der Waals surface area contributed by atoms with Crippen LogP contribution >= 0.6 is 0 Å². The van der Waals surface area contributed by atoms with Crippen LogP contribution in [0.15, 0.2) is 12.1 Å². The van der Waals surface area contributed by atoms with E-state index in [0.717, 1.165) is 30.7 Å². The summed E-state index contributed by atoms with van der Waals surface area (Å²) in [5.74, 6) is 1.21. The van der Waals surface area contributed by atoms with Gasteiger partial charge in [0, 0.05) is 31.7 Å². The number of nitrogens with zero attached hydrogens (tertiary/aromatic N) is 3. The van der Waals surface area contributed by atoms with Gasteiger partial charge in [0.2, 0.25) is 0 Å². The largest absolute Gasteiger partial charge is 0.495 e. The Hall–Kier alpha value is -1.98. The predicted molar refractivity (Wildman–Crippen MR) is 98.3 cm³/mol. The normalized spacial score (nSPS) is 16.9. The molecule has 0 N–H and O–H groups in total. The fraction of sp³-hybridized carbons (Fsp3) is 0.684. The molecule has 1 saturated heterocycles. The number of carbonyl (C=O) groups is 1. The summed E-state index contributed by atoms with van der Waals surface area (Å²) in [5, 5.41) is 4.60. The van der Waals surface area contributed by atoms with E-state index in [1.54, 1.807) is 12.0 Å². The van der Waals surface area contributed by atoms with Gasteiger partial charge in [0.15, 0.2) is 0 Å². The number of hydrogen-bond acceptors (Lipinski definition) is 4. The van der Waals surface area contributed by atoms with Gasteiger partial charge < -0.3 is 14.4 Å². The molecule has 1 aliphatic rings. The predicted octanol–water partition coefficient (Wildman–Crippen LogP) is 3.93. The molecule has 1 aromatic heterocycles. The van der Waals surface area contributed by atoms with Crippen LogP contribution in [0.4, 0.5) is 4.79 Å². The Morgan fingerprint density at radius 2 is 2.00 bits per heavy atom. The summed E-state index contributed by atoms with van der Waals surface area (Å²) in [6.07, 6.45) is 4.56. The van der Waals surface area contributed by atoms with Crippen molar-refractivity contribution in [2.75, 3.05) is 20.2 Å². The third-order valence-electron chi connectivity index (χ3n) is 4.34. The SMILES string of the molecule is CC/C=C(\OC)c1cc(C2CCN(C(=O)OC(C)(C)C)CC2)n(C)n1. The molecule has 1 aliphatic heterocycles. The summed E-state index contributed by atoms with van der Waals surface area (Å²) in [6, 6.07) is 2.11. The van der Waals surface area contributed by atoms with Gasteiger partial charge in [-0.15, -0.1) is 0 Å². The third-order valence-corrected chi connectivity index (χ3v) is 4.34. The Balaban J connectivity index is 2.02. The highest BCUT2D eigenvalue weighted by molar-refractivity contribution is 5.68. The number of ether oxygens (including phenoxy) is 2. The van der Waals surface area contributed by atoms with Crippen molar-refractivity contribution in [2.45, 2.75) is 58.5 Å². The molecule has 1 aromatic rings. The summed E-state index contributed by atoms with van der Waals surface area (Å²) >= 11 is 0. The number of allylic oxidation sites excluding steroid dienone is 1. The number of amides is 1. The molecule has 0 atom stereocenters. The highest BCUT2D eigenvalue weighted by Crippen LogP contribution is 2.30. The molecule has 2 heterocycles. The quantitative estimate of drug-likeness (QED) is 0.773. The number of carbonyl (C=O) groups excluding carboxylic acids is 1. The van der Waals surface area contributed by atoms with Gasteiger partial charge in [-0.2, -0.15) is 5.10 Å². The Morgan fingerprint density at radius 3 is 2.52 bits per heavy atom. The smallest absolute Gasteiger partial charge is 0.410 e. The molecular weight excluding hydrogens is 318 g/mol. The minimum Gasteiger partial charge on any atom is -0.495 e. The standard InChI is InChI=1S/C19H31N3O3/c1-7-8-17(24-6)15-13-16(21(5)20-15)14-9-11-22(12-10-14)18(23)25-19(2,3)4/h8,13-14H,7,9-12H2,1-6H3/b17-8-. The highest BCUT2D eigenvalue weighted by atomic mass is 16.6. The van der Waals surface area contributed by atoms with Gasteiger partial charge in [-0.3, -0.25) is 4.68 Å². The van der Waals surface area contributed by atoms with Crippen molar-refractivity contribution in [2.24, 2.45) is 7.05 Å². The van der Waals surface area contributed by atoms with Gasteiger partial charge in [-0.25, -0.2) is 4.79 Å². The van der Waals surface area contributed by atoms with E-state index < -0.39 is 5.60 Å². The molecule has 6 nitrogen and oxygen atoms in total. The van der Waals surface area contributed by atoms with Crippen LogP contribution in [-0.2, 0) is 16.5 Å². The first kappa shape index (κ1) is 19.3. The molecule has 6 heteroatoms. The molecule has 2 rings (SSSR count). The van der Waals surface area contributed by atoms with E-state index >= 15 is 0 Å². The van der Waals surface area contributed by atoms with Gasteiger partial charge in [-0.1, -0.05) is 6.92 Å². The second kappa shape index (κ2) is 7.93. The van der Waals surface area contributed by atoms with Crippen molar-refractivity contribution in [1.82, 2.24) is 14.7 Å². The molecule has 140 valence electrons. The molecule has 0 bridgehead atoms. The van der Waals surface area contributed by atoms with E-state index in [0.29, 0.717) is 19.0 Å². The van der Waals surface area contributed by atoms with Gasteiger partial charge in [0.25, 0.3) is 0 Å². The summed E-state index contributed by atoms with van der Waals surface area (Å²) in [5.41, 5.74) is 1.61. The van der Waals surface area contributed by atoms with E-state index in [9.17, 15) is 4.79 Å². The second-order valence-electron chi connectivity index (χ2n) is 7.50. The van der Waals surface area contributed by atoms with Crippen LogP contribution < -0.4 is 0 Å². The molecule has 0 aliphatic carbocycles. The van der Waals surface area contributed by atoms with E-state index in [1.807, 2.05) is 38.6 Å². The van der Waals surface area contributed by atoms with Crippen LogP contribution in [0.3, 0.4) is 0 Å². The van der Waals surface area contributed by atoms with Crippen LogP contribution in [-0.4, -0.2) is 46.6 Å². The Labute approximate surface area is 150 Å². The van der Waals surface area contributed by atoms with Crippen molar-refractivity contribution >= 4 is 11.9 Å². The fourth-order valence-electron chi connectivity index (χ4n) is 3.15. The number of methoxy groups -OCH3 is 1. The van der Waals surface area contributed by atoms with E-state index in [2.05, 4.69) is 18.1 Å². The molecule has 1 fully saturated rings. The maximum Gasteiger partial charge on any atom is 0.410 e. The van der Waals surface area contributed by atoms with Crippen LogP contribution in [0, 0.1) is 0 Å². The number of hydrogen-bond donors (Lipinski definition) is 0. The van der Waals surface area contributed by atoms with E-state index in [1.165, 1.54) is 5.69 Å². The molecule has 0 spiro atoms. The number of rotatable bonds is 4. The monoisotopic (exact) mass is 349 g/mol. The molecule has 0 radical (unpaired) electrons. The zero-order valence-corrected chi connectivity index (χ0v) is 16.3. The van der Waals surface area contributed by atoms with Crippen LogP contribution in [0.2, 0.25) is 0 Å². The summed E-state index contributed by atoms with van der Waals surface area (Å²) in [4.78, 5) is 14.0. The first-order valence-corrected chi connectivity index (χ1v) is 9.01. The molecule has 25 heavy (non-hydrogen) atoms. The van der Waals surface area contributed by atoms with Gasteiger partial charge >= 0.3 is 6.09 Å². The first-order valence-electron chi connectivity index (χ1n) is 9.01. The van der Waals surface area contributed by atoms with Gasteiger partial charge in [-0.05, 0) is 52.2 Å². The molecule has 0 aromatic carbocycles. The third kappa shape index (κ3) is 5.00. The molecule has 0 saturated carbocycles. The zero-order chi connectivity index (χ0) is 18.6. The van der Waals surface area contributed by atoms with E-state index in [4.69, 9.17) is 9.47 Å².